The molecule has 1 aliphatic rings. The summed E-state index contributed by atoms with van der Waals surface area (Å²) in [5, 5.41) is 13.8. The number of nitrogens with zero attached hydrogens (tertiary/aromatic N) is 1. The zero-order valence-electron chi connectivity index (χ0n) is 8.73. The number of benzene rings is 1. The van der Waals surface area contributed by atoms with Crippen LogP contribution in [0.3, 0.4) is 0 Å². The van der Waals surface area contributed by atoms with Crippen molar-refractivity contribution in [2.75, 3.05) is 5.73 Å². The third-order valence-corrected chi connectivity index (χ3v) is 3.14. The second kappa shape index (κ2) is 3.27. The number of anilines is 1. The average molecular weight is 216 g/mol. The van der Waals surface area contributed by atoms with E-state index in [4.69, 9.17) is 10.3 Å². The summed E-state index contributed by atoms with van der Waals surface area (Å²) in [6.45, 7) is 0. The normalized spacial score (nSPS) is 14.0. The highest BCUT2D eigenvalue weighted by Crippen LogP contribution is 2.39. The second-order valence-electron chi connectivity index (χ2n) is 4.06. The third kappa shape index (κ3) is 1.19. The lowest BCUT2D eigenvalue weighted by Gasteiger charge is -2.07. The molecule has 0 bridgehead atoms. The van der Waals surface area contributed by atoms with Crippen molar-refractivity contribution >= 4 is 5.88 Å². The van der Waals surface area contributed by atoms with E-state index in [1.165, 1.54) is 11.8 Å². The summed E-state index contributed by atoms with van der Waals surface area (Å²) >= 11 is 0. The van der Waals surface area contributed by atoms with Gasteiger partial charge in [0, 0.05) is 5.56 Å². The largest absolute Gasteiger partial charge is 0.507 e. The third-order valence-electron chi connectivity index (χ3n) is 3.14. The number of hydrogen-bond acceptors (Lipinski definition) is 4. The summed E-state index contributed by atoms with van der Waals surface area (Å²) in [6.07, 6.45) is 4.61. The lowest BCUT2D eigenvalue weighted by atomic mass is 10.0. The number of fused-ring (bicyclic) bond motifs is 1. The Labute approximate surface area is 92.7 Å². The van der Waals surface area contributed by atoms with Crippen molar-refractivity contribution in [3.05, 3.63) is 29.5 Å². The minimum atomic E-state index is 0.244. The minimum absolute atomic E-state index is 0.244. The fourth-order valence-corrected chi connectivity index (χ4v) is 2.32. The van der Waals surface area contributed by atoms with Gasteiger partial charge >= 0.3 is 0 Å². The molecule has 1 aromatic heterocycles. The van der Waals surface area contributed by atoms with Crippen LogP contribution in [0.5, 0.6) is 5.75 Å². The van der Waals surface area contributed by atoms with Crippen molar-refractivity contribution < 1.29 is 9.63 Å². The van der Waals surface area contributed by atoms with Crippen LogP contribution in [0.25, 0.3) is 11.1 Å². The molecule has 0 saturated heterocycles. The predicted octanol–water partition coefficient (Wildman–Crippen LogP) is 2.12. The van der Waals surface area contributed by atoms with Crippen LogP contribution < -0.4 is 5.73 Å². The van der Waals surface area contributed by atoms with Crippen LogP contribution in [-0.2, 0) is 12.8 Å². The highest BCUT2D eigenvalue weighted by molar-refractivity contribution is 5.78. The van der Waals surface area contributed by atoms with Gasteiger partial charge in [-0.15, -0.1) is 0 Å². The Morgan fingerprint density at radius 1 is 1.25 bits per heavy atom. The fourth-order valence-electron chi connectivity index (χ4n) is 2.32. The topological polar surface area (TPSA) is 72.3 Å². The summed E-state index contributed by atoms with van der Waals surface area (Å²) in [6, 6.07) is 3.92. The second-order valence-corrected chi connectivity index (χ2v) is 4.06. The predicted molar refractivity (Wildman–Crippen MR) is 60.0 cm³/mol. The van der Waals surface area contributed by atoms with Crippen molar-refractivity contribution in [1.82, 2.24) is 5.16 Å². The van der Waals surface area contributed by atoms with Crippen molar-refractivity contribution in [1.29, 1.82) is 0 Å². The molecule has 0 fully saturated rings. The quantitative estimate of drug-likeness (QED) is 0.765. The molecule has 4 heteroatoms. The molecule has 4 nitrogen and oxygen atoms in total. The maximum Gasteiger partial charge on any atom is 0.230 e. The standard InChI is InChI=1S/C12H12N2O2/c13-12-10(6-14-16-12)9-5-4-7-2-1-3-8(7)11(9)15/h4-6,15H,1-3,13H2. The first kappa shape index (κ1) is 9.27. The molecular weight excluding hydrogens is 204 g/mol. The summed E-state index contributed by atoms with van der Waals surface area (Å²) < 4.78 is 4.81. The molecule has 3 rings (SSSR count). The molecule has 16 heavy (non-hydrogen) atoms. The van der Waals surface area contributed by atoms with E-state index < -0.39 is 0 Å². The van der Waals surface area contributed by atoms with Gasteiger partial charge in [-0.2, -0.15) is 0 Å². The zero-order valence-corrected chi connectivity index (χ0v) is 8.73. The monoisotopic (exact) mass is 216 g/mol. The van der Waals surface area contributed by atoms with Crippen LogP contribution in [0.2, 0.25) is 0 Å². The van der Waals surface area contributed by atoms with E-state index in [-0.39, 0.29) is 5.88 Å². The van der Waals surface area contributed by atoms with Crippen LogP contribution in [0.1, 0.15) is 17.5 Å². The van der Waals surface area contributed by atoms with Crippen molar-refractivity contribution in [3.8, 4) is 16.9 Å². The van der Waals surface area contributed by atoms with Crippen LogP contribution >= 0.6 is 0 Å². The maximum atomic E-state index is 10.2. The summed E-state index contributed by atoms with van der Waals surface area (Å²) in [7, 11) is 0. The van der Waals surface area contributed by atoms with Gasteiger partial charge in [-0.3, -0.25) is 0 Å². The van der Waals surface area contributed by atoms with E-state index in [1.54, 1.807) is 0 Å². The van der Waals surface area contributed by atoms with Gasteiger partial charge in [-0.05, 0) is 30.4 Å². The van der Waals surface area contributed by atoms with E-state index in [1.807, 2.05) is 12.1 Å². The fraction of sp³-hybridized carbons (Fsp3) is 0.250. The molecule has 1 aliphatic carbocycles. The molecule has 0 atom stereocenters. The van der Waals surface area contributed by atoms with E-state index >= 15 is 0 Å². The number of phenolic OH excluding ortho intramolecular Hbond substituents is 1. The summed E-state index contributed by atoms with van der Waals surface area (Å²) in [5.41, 5.74) is 9.29. The first-order valence-corrected chi connectivity index (χ1v) is 5.31. The highest BCUT2D eigenvalue weighted by atomic mass is 16.5. The maximum absolute atomic E-state index is 10.2. The first-order valence-electron chi connectivity index (χ1n) is 5.31. The Hall–Kier alpha value is -1.97. The van der Waals surface area contributed by atoms with Gasteiger partial charge in [0.25, 0.3) is 0 Å². The number of nitrogens with two attached hydrogens (primary N) is 1. The molecule has 0 amide bonds. The van der Waals surface area contributed by atoms with Crippen LogP contribution in [-0.4, -0.2) is 10.3 Å². The van der Waals surface area contributed by atoms with Crippen LogP contribution in [0.4, 0.5) is 5.88 Å². The van der Waals surface area contributed by atoms with E-state index in [0.29, 0.717) is 16.9 Å². The van der Waals surface area contributed by atoms with Gasteiger partial charge in [0.1, 0.15) is 5.75 Å². The summed E-state index contributed by atoms with van der Waals surface area (Å²) in [5.74, 6) is 0.568. The molecule has 0 unspecified atom stereocenters. The highest BCUT2D eigenvalue weighted by Gasteiger charge is 2.20. The Bertz CT molecular complexity index is 546. The number of aromatic hydroxyl groups is 1. The molecule has 1 aromatic carbocycles. The molecule has 82 valence electrons. The molecule has 0 aliphatic heterocycles. The minimum Gasteiger partial charge on any atom is -0.507 e. The Kier molecular flexibility index (Phi) is 1.89. The smallest absolute Gasteiger partial charge is 0.230 e. The average Bonchev–Trinajstić information content (AvgIpc) is 2.88. The number of phenols is 1. The SMILES string of the molecule is Nc1oncc1-c1ccc2c(c1O)CCC2. The Morgan fingerprint density at radius 2 is 2.12 bits per heavy atom. The molecular formula is C12H12N2O2. The van der Waals surface area contributed by atoms with Gasteiger partial charge in [0.15, 0.2) is 0 Å². The van der Waals surface area contributed by atoms with Crippen LogP contribution in [0, 0.1) is 0 Å². The van der Waals surface area contributed by atoms with E-state index in [9.17, 15) is 5.11 Å². The zero-order chi connectivity index (χ0) is 11.1. The lowest BCUT2D eigenvalue weighted by molar-refractivity contribution is 0.436. The lowest BCUT2D eigenvalue weighted by Crippen LogP contribution is -1.89. The number of hydrogen-bond donors (Lipinski definition) is 2. The van der Waals surface area contributed by atoms with Gasteiger partial charge in [0.05, 0.1) is 11.8 Å². The molecule has 2 aromatic rings. The molecule has 3 N–H and O–H groups in total. The number of aryl methyl sites for hydroxylation is 1. The van der Waals surface area contributed by atoms with Crippen molar-refractivity contribution in [3.63, 3.8) is 0 Å². The van der Waals surface area contributed by atoms with Gasteiger partial charge in [0.2, 0.25) is 5.88 Å². The molecule has 1 heterocycles. The van der Waals surface area contributed by atoms with E-state index in [0.717, 1.165) is 24.8 Å². The molecule has 0 saturated carbocycles. The number of nitrogen functional groups attached to an aromatic ring is 1. The number of rotatable bonds is 1. The Balaban J connectivity index is 2.20. The van der Waals surface area contributed by atoms with Gasteiger partial charge in [-0.1, -0.05) is 17.3 Å². The number of aromatic nitrogens is 1. The van der Waals surface area contributed by atoms with Crippen LogP contribution in [0.15, 0.2) is 22.9 Å². The van der Waals surface area contributed by atoms with Gasteiger partial charge < -0.3 is 15.4 Å². The first-order chi connectivity index (χ1) is 7.77. The van der Waals surface area contributed by atoms with Crippen molar-refractivity contribution in [2.45, 2.75) is 19.3 Å². The Morgan fingerprint density at radius 3 is 2.88 bits per heavy atom. The summed E-state index contributed by atoms with van der Waals surface area (Å²) in [4.78, 5) is 0. The van der Waals surface area contributed by atoms with E-state index in [2.05, 4.69) is 5.16 Å². The molecule has 0 spiro atoms. The van der Waals surface area contributed by atoms with Crippen molar-refractivity contribution in [2.24, 2.45) is 0 Å². The van der Waals surface area contributed by atoms with Gasteiger partial charge in [-0.25, -0.2) is 0 Å². The molecule has 0 radical (unpaired) electrons.